The van der Waals surface area contributed by atoms with Crippen LogP contribution in [-0.4, -0.2) is 67.8 Å². The Bertz CT molecular complexity index is 1860. The lowest BCUT2D eigenvalue weighted by molar-refractivity contribution is -0.249. The van der Waals surface area contributed by atoms with E-state index in [0.29, 0.717) is 0 Å². The number of aliphatic hydroxyl groups excluding tert-OH is 4. The van der Waals surface area contributed by atoms with Gasteiger partial charge in [0.1, 0.15) is 41.6 Å². The van der Waals surface area contributed by atoms with Gasteiger partial charge in [-0.3, -0.25) is 14.9 Å². The number of amides is 2. The zero-order valence-electron chi connectivity index (χ0n) is 19.2. The number of ether oxygens (including phenoxy) is 1. The van der Waals surface area contributed by atoms with Gasteiger partial charge in [-0.25, -0.2) is 8.78 Å². The van der Waals surface area contributed by atoms with Crippen LogP contribution in [0.2, 0.25) is 0 Å². The summed E-state index contributed by atoms with van der Waals surface area (Å²) in [5, 5.41) is 44.4. The van der Waals surface area contributed by atoms with Crippen molar-refractivity contribution < 1.29 is 48.0 Å². The molecule has 2 aliphatic rings. The van der Waals surface area contributed by atoms with Crippen LogP contribution in [0.4, 0.5) is 8.78 Å². The van der Waals surface area contributed by atoms with Crippen molar-refractivity contribution in [2.24, 2.45) is 0 Å². The zero-order chi connectivity index (χ0) is 26.6. The molecular formula is C26H18F2N2O8. The molecular weight excluding hydrogens is 506 g/mol. The van der Waals surface area contributed by atoms with Gasteiger partial charge in [0.15, 0.2) is 11.8 Å². The highest BCUT2D eigenvalue weighted by atomic mass is 19.1. The van der Waals surface area contributed by atoms with Crippen LogP contribution < -0.4 is 5.32 Å². The molecule has 10 nitrogen and oxygen atoms in total. The van der Waals surface area contributed by atoms with Crippen molar-refractivity contribution in [2.45, 2.75) is 30.6 Å². The number of aliphatic hydroxyl groups is 4. The molecule has 5 aromatic rings. The van der Waals surface area contributed by atoms with Crippen molar-refractivity contribution in [3.63, 3.8) is 0 Å². The lowest BCUT2D eigenvalue weighted by atomic mass is 9.96. The maximum atomic E-state index is 14.5. The Morgan fingerprint density at radius 3 is 2.24 bits per heavy atom. The Morgan fingerprint density at radius 1 is 0.868 bits per heavy atom. The normalized spacial score (nSPS) is 25.7. The molecule has 0 saturated carbocycles. The number of rotatable bonds is 2. The van der Waals surface area contributed by atoms with Crippen LogP contribution in [0, 0.1) is 11.6 Å². The highest BCUT2D eigenvalue weighted by molar-refractivity contribution is 6.38. The van der Waals surface area contributed by atoms with E-state index in [4.69, 9.17) is 9.15 Å². The van der Waals surface area contributed by atoms with E-state index in [0.717, 1.165) is 24.3 Å². The fourth-order valence-corrected chi connectivity index (χ4v) is 5.74. The van der Waals surface area contributed by atoms with Gasteiger partial charge in [-0.2, -0.15) is 0 Å². The number of imide groups is 1. The molecule has 2 amide bonds. The molecule has 0 spiro atoms. The molecule has 2 aliphatic heterocycles. The lowest BCUT2D eigenvalue weighted by Crippen LogP contribution is -2.56. The van der Waals surface area contributed by atoms with Crippen LogP contribution in [0.15, 0.2) is 40.8 Å². The van der Waals surface area contributed by atoms with E-state index in [2.05, 4.69) is 5.32 Å². The van der Waals surface area contributed by atoms with E-state index in [9.17, 15) is 38.8 Å². The highest BCUT2D eigenvalue weighted by Crippen LogP contribution is 2.47. The third-order valence-electron chi connectivity index (χ3n) is 7.38. The van der Waals surface area contributed by atoms with Gasteiger partial charge in [-0.1, -0.05) is 0 Å². The van der Waals surface area contributed by atoms with Crippen molar-refractivity contribution in [1.82, 2.24) is 9.88 Å². The lowest BCUT2D eigenvalue weighted by Gasteiger charge is -2.41. The number of benzene rings is 3. The standard InChI is InChI=1S/C26H18F2N2O8/c27-8-1-3-12-10(5-8)15-17-18(25(36)29-24(17)35)16-11-6-9(28)2-4-13(11)37-23(16)19(15)30(12)26-22(34)21(33)20(32)14(7-31)38-26/h1-6,14,20-22,26,31-34H,7H2,(H,29,35,36)/t14-,20-,21+,22-,26-/m1/s1. The quantitative estimate of drug-likeness (QED) is 0.219. The average molecular weight is 524 g/mol. The van der Waals surface area contributed by atoms with Gasteiger partial charge in [0.05, 0.1) is 28.8 Å². The summed E-state index contributed by atoms with van der Waals surface area (Å²) in [5.41, 5.74) is 0.393. The van der Waals surface area contributed by atoms with Gasteiger partial charge in [-0.05, 0) is 36.4 Å². The fraction of sp³-hybridized carbons (Fsp3) is 0.231. The summed E-state index contributed by atoms with van der Waals surface area (Å²) in [6.45, 7) is -0.696. The minimum absolute atomic E-state index is 0.0257. The Morgan fingerprint density at radius 2 is 1.53 bits per heavy atom. The minimum atomic E-state index is -1.74. The van der Waals surface area contributed by atoms with Crippen LogP contribution in [-0.2, 0) is 4.74 Å². The predicted octanol–water partition coefficient (Wildman–Crippen LogP) is 1.83. The first-order valence-corrected chi connectivity index (χ1v) is 11.7. The summed E-state index contributed by atoms with van der Waals surface area (Å²) in [6.07, 6.45) is -7.84. The van der Waals surface area contributed by atoms with Gasteiger partial charge in [-0.15, -0.1) is 0 Å². The van der Waals surface area contributed by atoms with Gasteiger partial charge < -0.3 is 34.1 Å². The summed E-state index contributed by atoms with van der Waals surface area (Å²) in [6, 6.07) is 7.32. The zero-order valence-corrected chi connectivity index (χ0v) is 19.2. The number of fused-ring (bicyclic) bond motifs is 10. The first-order valence-electron chi connectivity index (χ1n) is 11.7. The molecule has 12 heteroatoms. The van der Waals surface area contributed by atoms with E-state index in [1.807, 2.05) is 0 Å². The molecule has 194 valence electrons. The molecule has 5 N–H and O–H groups in total. The highest BCUT2D eigenvalue weighted by Gasteiger charge is 2.46. The van der Waals surface area contributed by atoms with Gasteiger partial charge in [0.25, 0.3) is 11.8 Å². The summed E-state index contributed by atoms with van der Waals surface area (Å²) in [5.74, 6) is -2.78. The van der Waals surface area contributed by atoms with Crippen molar-refractivity contribution in [3.05, 3.63) is 59.2 Å². The Hall–Kier alpha value is -3.94. The molecule has 3 aromatic carbocycles. The summed E-state index contributed by atoms with van der Waals surface area (Å²) >= 11 is 0. The largest absolute Gasteiger partial charge is 0.454 e. The summed E-state index contributed by atoms with van der Waals surface area (Å²) in [7, 11) is 0. The topological polar surface area (TPSA) is 154 Å². The molecule has 4 heterocycles. The number of hydrogen-bond donors (Lipinski definition) is 5. The number of aromatic nitrogens is 1. The third kappa shape index (κ3) is 2.86. The van der Waals surface area contributed by atoms with Crippen molar-refractivity contribution >= 4 is 55.6 Å². The van der Waals surface area contributed by atoms with Crippen LogP contribution in [0.5, 0.6) is 0 Å². The molecule has 0 unspecified atom stereocenters. The third-order valence-corrected chi connectivity index (χ3v) is 7.38. The summed E-state index contributed by atoms with van der Waals surface area (Å²) < 4.78 is 42.1. The van der Waals surface area contributed by atoms with Crippen molar-refractivity contribution in [3.8, 4) is 0 Å². The minimum Gasteiger partial charge on any atom is -0.454 e. The van der Waals surface area contributed by atoms with Crippen molar-refractivity contribution in [2.75, 3.05) is 6.61 Å². The molecule has 38 heavy (non-hydrogen) atoms. The van der Waals surface area contributed by atoms with Crippen LogP contribution in [0.1, 0.15) is 26.9 Å². The second kappa shape index (κ2) is 7.79. The van der Waals surface area contributed by atoms with E-state index in [-0.39, 0.29) is 54.9 Å². The molecule has 1 saturated heterocycles. The number of halogens is 2. The number of hydrogen-bond acceptors (Lipinski definition) is 8. The SMILES string of the molecule is O=C1NC(=O)c2c1c1c3cc(F)ccc3oc1c1c2c2cc(F)ccc2n1[C@@H]1O[C@H](CO)[C@@H](O)[C@H](O)[C@H]1O. The number of furan rings is 1. The number of carbonyl (C=O) groups excluding carboxylic acids is 2. The van der Waals surface area contributed by atoms with Crippen LogP contribution in [0.3, 0.4) is 0 Å². The van der Waals surface area contributed by atoms with E-state index in [1.54, 1.807) is 0 Å². The van der Waals surface area contributed by atoms with Crippen LogP contribution in [0.25, 0.3) is 43.7 Å². The first-order chi connectivity index (χ1) is 18.2. The fourth-order valence-electron chi connectivity index (χ4n) is 5.74. The van der Waals surface area contributed by atoms with E-state index < -0.39 is 60.7 Å². The van der Waals surface area contributed by atoms with E-state index in [1.165, 1.54) is 16.7 Å². The maximum absolute atomic E-state index is 14.5. The second-order valence-electron chi connectivity index (χ2n) is 9.45. The van der Waals surface area contributed by atoms with E-state index >= 15 is 0 Å². The number of carbonyl (C=O) groups is 2. The van der Waals surface area contributed by atoms with Crippen molar-refractivity contribution in [1.29, 1.82) is 0 Å². The Kier molecular flexibility index (Phi) is 4.75. The Balaban J connectivity index is 1.72. The second-order valence-corrected chi connectivity index (χ2v) is 9.45. The van der Waals surface area contributed by atoms with Gasteiger partial charge in [0.2, 0.25) is 0 Å². The average Bonchev–Trinajstić information content (AvgIpc) is 3.51. The molecule has 1 fully saturated rings. The molecule has 5 atom stereocenters. The maximum Gasteiger partial charge on any atom is 0.259 e. The molecule has 2 aromatic heterocycles. The number of nitrogens with one attached hydrogen (secondary N) is 1. The molecule has 0 aliphatic carbocycles. The monoisotopic (exact) mass is 524 g/mol. The first kappa shape index (κ1) is 23.2. The van der Waals surface area contributed by atoms with Crippen LogP contribution >= 0.6 is 0 Å². The van der Waals surface area contributed by atoms with Gasteiger partial charge >= 0.3 is 0 Å². The Labute approximate surface area is 210 Å². The molecule has 7 rings (SSSR count). The van der Waals surface area contributed by atoms with Gasteiger partial charge in [0, 0.05) is 21.5 Å². The predicted molar refractivity (Wildman–Crippen MR) is 127 cm³/mol. The molecule has 0 radical (unpaired) electrons. The number of nitrogens with zero attached hydrogens (tertiary/aromatic N) is 1. The molecule has 0 bridgehead atoms. The smallest absolute Gasteiger partial charge is 0.259 e. The summed E-state index contributed by atoms with van der Waals surface area (Å²) in [4.78, 5) is 26.1.